The molecule has 1 aromatic heterocycles. The molecule has 0 bridgehead atoms. The Morgan fingerprint density at radius 2 is 1.78 bits per heavy atom. The molecule has 0 unspecified atom stereocenters. The van der Waals surface area contributed by atoms with Crippen LogP contribution in [-0.4, -0.2) is 21.0 Å². The number of halogens is 3. The van der Waals surface area contributed by atoms with Crippen LogP contribution in [0.15, 0.2) is 48.5 Å². The molecule has 5 nitrogen and oxygen atoms in total. The van der Waals surface area contributed by atoms with Crippen molar-refractivity contribution in [2.24, 2.45) is 0 Å². The van der Waals surface area contributed by atoms with Gasteiger partial charge >= 0.3 is 12.1 Å². The van der Waals surface area contributed by atoms with Gasteiger partial charge in [0.2, 0.25) is 0 Å². The van der Waals surface area contributed by atoms with Crippen molar-refractivity contribution in [1.82, 2.24) is 15.0 Å². The van der Waals surface area contributed by atoms with Crippen LogP contribution in [0.2, 0.25) is 0 Å². The van der Waals surface area contributed by atoms with Gasteiger partial charge in [-0.2, -0.15) is 13.2 Å². The van der Waals surface area contributed by atoms with Gasteiger partial charge in [0.15, 0.2) is 0 Å². The number of fused-ring (bicyclic) bond motifs is 1. The first-order valence-corrected chi connectivity index (χ1v) is 6.60. The Labute approximate surface area is 128 Å². The normalized spacial score (nSPS) is 11.6. The first kappa shape index (κ1) is 15.0. The maximum absolute atomic E-state index is 12.9. The summed E-state index contributed by atoms with van der Waals surface area (Å²) in [5.74, 6) is -1.40. The minimum atomic E-state index is -4.60. The Bertz CT molecular complexity index is 858. The summed E-state index contributed by atoms with van der Waals surface area (Å²) in [5, 5.41) is 7.65. The molecule has 118 valence electrons. The molecule has 0 saturated carbocycles. The highest BCUT2D eigenvalue weighted by molar-refractivity contribution is 5.78. The van der Waals surface area contributed by atoms with E-state index >= 15 is 0 Å². The van der Waals surface area contributed by atoms with Crippen molar-refractivity contribution in [3.05, 3.63) is 54.1 Å². The maximum Gasteiger partial charge on any atom is 0.419 e. The van der Waals surface area contributed by atoms with Gasteiger partial charge < -0.3 is 4.74 Å². The van der Waals surface area contributed by atoms with Gasteiger partial charge in [-0.1, -0.05) is 29.5 Å². The first-order chi connectivity index (χ1) is 10.9. The highest BCUT2D eigenvalue weighted by atomic mass is 19.4. The molecule has 1 heterocycles. The predicted octanol–water partition coefficient (Wildman–Crippen LogP) is 3.06. The van der Waals surface area contributed by atoms with Gasteiger partial charge in [0.05, 0.1) is 11.1 Å². The van der Waals surface area contributed by atoms with Crippen LogP contribution in [-0.2, 0) is 17.5 Å². The van der Waals surface area contributed by atoms with E-state index in [1.54, 1.807) is 24.3 Å². The number of carbonyl (C=O) groups excluding carboxylic acids is 1. The molecular formula is C15H10F3N3O2. The van der Waals surface area contributed by atoms with Gasteiger partial charge in [0, 0.05) is 0 Å². The molecule has 0 saturated heterocycles. The van der Waals surface area contributed by atoms with E-state index < -0.39 is 23.5 Å². The van der Waals surface area contributed by atoms with Gasteiger partial charge in [-0.3, -0.25) is 0 Å². The second-order valence-corrected chi connectivity index (χ2v) is 4.70. The average molecular weight is 321 g/mol. The summed E-state index contributed by atoms with van der Waals surface area (Å²) < 4.78 is 44.7. The summed E-state index contributed by atoms with van der Waals surface area (Å²) in [6.07, 6.45) is -4.60. The molecule has 2 aromatic carbocycles. The highest BCUT2D eigenvalue weighted by Gasteiger charge is 2.34. The van der Waals surface area contributed by atoms with Crippen molar-refractivity contribution in [3.8, 4) is 5.75 Å². The number of nitrogens with zero attached hydrogens (tertiary/aromatic N) is 3. The van der Waals surface area contributed by atoms with Crippen LogP contribution in [0.5, 0.6) is 5.75 Å². The van der Waals surface area contributed by atoms with E-state index in [4.69, 9.17) is 4.74 Å². The van der Waals surface area contributed by atoms with Gasteiger partial charge in [0.25, 0.3) is 0 Å². The molecule has 0 N–H and O–H groups in total. The van der Waals surface area contributed by atoms with Crippen molar-refractivity contribution in [2.45, 2.75) is 12.7 Å². The molecule has 0 aliphatic heterocycles. The maximum atomic E-state index is 12.9. The molecule has 0 atom stereocenters. The average Bonchev–Trinajstić information content (AvgIpc) is 2.90. The fourth-order valence-electron chi connectivity index (χ4n) is 2.10. The third kappa shape index (κ3) is 3.15. The number of aromatic nitrogens is 3. The topological polar surface area (TPSA) is 57.0 Å². The largest absolute Gasteiger partial charge is 0.425 e. The Morgan fingerprint density at radius 1 is 1.09 bits per heavy atom. The van der Waals surface area contributed by atoms with E-state index in [0.29, 0.717) is 11.0 Å². The monoisotopic (exact) mass is 321 g/mol. The molecule has 0 fully saturated rings. The van der Waals surface area contributed by atoms with Crippen LogP contribution in [0.3, 0.4) is 0 Å². The van der Waals surface area contributed by atoms with Crippen LogP contribution in [0.4, 0.5) is 13.2 Å². The Morgan fingerprint density at radius 3 is 2.57 bits per heavy atom. The van der Waals surface area contributed by atoms with E-state index in [1.807, 2.05) is 0 Å². The number of para-hydroxylation sites is 2. The molecule has 8 heteroatoms. The lowest BCUT2D eigenvalue weighted by atomic mass is 10.2. The number of hydrogen-bond acceptors (Lipinski definition) is 4. The molecular weight excluding hydrogens is 311 g/mol. The van der Waals surface area contributed by atoms with Crippen molar-refractivity contribution >= 4 is 17.0 Å². The highest BCUT2D eigenvalue weighted by Crippen LogP contribution is 2.35. The molecule has 0 aliphatic rings. The van der Waals surface area contributed by atoms with Crippen molar-refractivity contribution in [2.75, 3.05) is 0 Å². The lowest BCUT2D eigenvalue weighted by Crippen LogP contribution is -2.19. The lowest BCUT2D eigenvalue weighted by molar-refractivity contribution is -0.142. The van der Waals surface area contributed by atoms with Crippen molar-refractivity contribution in [3.63, 3.8) is 0 Å². The van der Waals surface area contributed by atoms with E-state index in [-0.39, 0.29) is 6.54 Å². The lowest BCUT2D eigenvalue weighted by Gasteiger charge is -2.12. The van der Waals surface area contributed by atoms with Gasteiger partial charge in [-0.05, 0) is 24.3 Å². The van der Waals surface area contributed by atoms with E-state index in [2.05, 4.69) is 10.3 Å². The molecule has 0 radical (unpaired) electrons. The Kier molecular flexibility index (Phi) is 3.73. The van der Waals surface area contributed by atoms with Crippen molar-refractivity contribution in [1.29, 1.82) is 0 Å². The summed E-state index contributed by atoms with van der Waals surface area (Å²) in [7, 11) is 0. The fraction of sp³-hybridized carbons (Fsp3) is 0.133. The standard InChI is InChI=1S/C15H10F3N3O2/c16-15(17,18)10-5-1-4-8-13(10)23-14(22)9-21-12-7-3-2-6-11(12)19-20-21/h1-8H,9H2. The van der Waals surface area contributed by atoms with Crippen LogP contribution in [0, 0.1) is 0 Å². The number of carbonyl (C=O) groups is 1. The second-order valence-electron chi connectivity index (χ2n) is 4.70. The molecule has 0 spiro atoms. The number of benzene rings is 2. The SMILES string of the molecule is O=C(Cn1nnc2ccccc21)Oc1ccccc1C(F)(F)F. The number of esters is 1. The number of hydrogen-bond donors (Lipinski definition) is 0. The fourth-order valence-corrected chi connectivity index (χ4v) is 2.10. The van der Waals surface area contributed by atoms with Crippen LogP contribution in [0.25, 0.3) is 11.0 Å². The molecule has 0 amide bonds. The van der Waals surface area contributed by atoms with Gasteiger partial charge in [-0.25, -0.2) is 9.48 Å². The van der Waals surface area contributed by atoms with Crippen molar-refractivity contribution < 1.29 is 22.7 Å². The molecule has 23 heavy (non-hydrogen) atoms. The zero-order chi connectivity index (χ0) is 16.4. The summed E-state index contributed by atoms with van der Waals surface area (Å²) in [5.41, 5.74) is 0.168. The van der Waals surface area contributed by atoms with Gasteiger partial charge in [-0.15, -0.1) is 5.10 Å². The third-order valence-electron chi connectivity index (χ3n) is 3.12. The smallest absolute Gasteiger partial charge is 0.419 e. The van der Waals surface area contributed by atoms with Crippen LogP contribution >= 0.6 is 0 Å². The summed E-state index contributed by atoms with van der Waals surface area (Å²) in [6, 6.07) is 11.5. The first-order valence-electron chi connectivity index (χ1n) is 6.60. The predicted molar refractivity (Wildman–Crippen MR) is 74.6 cm³/mol. The Balaban J connectivity index is 1.81. The van der Waals surface area contributed by atoms with E-state index in [9.17, 15) is 18.0 Å². The summed E-state index contributed by atoms with van der Waals surface area (Å²) in [4.78, 5) is 11.9. The molecule has 3 aromatic rings. The number of rotatable bonds is 3. The molecule has 3 rings (SSSR count). The zero-order valence-electron chi connectivity index (χ0n) is 11.6. The molecule has 0 aliphatic carbocycles. The van der Waals surface area contributed by atoms with Crippen LogP contribution < -0.4 is 4.74 Å². The zero-order valence-corrected chi connectivity index (χ0v) is 11.6. The Hall–Kier alpha value is -2.90. The minimum absolute atomic E-state index is 0.341. The summed E-state index contributed by atoms with van der Waals surface area (Å²) in [6.45, 7) is -0.341. The summed E-state index contributed by atoms with van der Waals surface area (Å²) >= 11 is 0. The van der Waals surface area contributed by atoms with Crippen LogP contribution in [0.1, 0.15) is 5.56 Å². The van der Waals surface area contributed by atoms with Gasteiger partial charge in [0.1, 0.15) is 17.8 Å². The van der Waals surface area contributed by atoms with E-state index in [1.165, 1.54) is 16.8 Å². The second kappa shape index (κ2) is 5.71. The number of ether oxygens (including phenoxy) is 1. The van der Waals surface area contributed by atoms with E-state index in [0.717, 1.165) is 12.1 Å². The third-order valence-corrected chi connectivity index (χ3v) is 3.12. The number of alkyl halides is 3. The minimum Gasteiger partial charge on any atom is -0.425 e. The quantitative estimate of drug-likeness (QED) is 0.549.